The minimum absolute atomic E-state index is 0.142. The van der Waals surface area contributed by atoms with E-state index < -0.39 is 6.04 Å². The lowest BCUT2D eigenvalue weighted by Crippen LogP contribution is -2.34. The Morgan fingerprint density at radius 1 is 1.57 bits per heavy atom. The van der Waals surface area contributed by atoms with Crippen LogP contribution >= 0.6 is 11.8 Å². The number of carbonyl (C=O) groups excluding carboxylic acids is 1. The lowest BCUT2D eigenvalue weighted by molar-refractivity contribution is -0.150. The van der Waals surface area contributed by atoms with Crippen molar-refractivity contribution in [2.75, 3.05) is 12.0 Å². The molecule has 0 unspecified atom stereocenters. The van der Waals surface area contributed by atoms with E-state index in [9.17, 15) is 4.79 Å². The van der Waals surface area contributed by atoms with Gasteiger partial charge in [-0.1, -0.05) is 0 Å². The normalized spacial score (nSPS) is 19.6. The van der Waals surface area contributed by atoms with Gasteiger partial charge in [-0.05, 0) is 44.1 Å². The van der Waals surface area contributed by atoms with Gasteiger partial charge in [0.2, 0.25) is 0 Å². The van der Waals surface area contributed by atoms with E-state index in [1.807, 2.05) is 6.26 Å². The van der Waals surface area contributed by atoms with Crippen LogP contribution in [-0.2, 0) is 9.53 Å². The second-order valence-electron chi connectivity index (χ2n) is 3.73. The summed E-state index contributed by atoms with van der Waals surface area (Å²) < 4.78 is 5.30. The molecule has 0 bridgehead atoms. The summed E-state index contributed by atoms with van der Waals surface area (Å²) in [4.78, 5) is 11.4. The van der Waals surface area contributed by atoms with Gasteiger partial charge in [0.1, 0.15) is 12.1 Å². The third kappa shape index (κ3) is 3.88. The van der Waals surface area contributed by atoms with Crippen LogP contribution in [0.3, 0.4) is 0 Å². The number of carbonyl (C=O) groups is 1. The van der Waals surface area contributed by atoms with Crippen molar-refractivity contribution in [1.82, 2.24) is 0 Å². The zero-order chi connectivity index (χ0) is 10.4. The maximum absolute atomic E-state index is 11.4. The fraction of sp³-hybridized carbons (Fsp3) is 0.900. The van der Waals surface area contributed by atoms with Crippen LogP contribution in [0.5, 0.6) is 0 Å². The quantitative estimate of drug-likeness (QED) is 0.710. The average Bonchev–Trinajstić information content (AvgIpc) is 2.66. The summed E-state index contributed by atoms with van der Waals surface area (Å²) in [7, 11) is 0. The Morgan fingerprint density at radius 2 is 2.21 bits per heavy atom. The van der Waals surface area contributed by atoms with Gasteiger partial charge in [-0.25, -0.2) is 0 Å². The maximum atomic E-state index is 11.4. The topological polar surface area (TPSA) is 52.3 Å². The lowest BCUT2D eigenvalue weighted by Gasteiger charge is -2.15. The molecular formula is C10H19NO2S. The molecule has 14 heavy (non-hydrogen) atoms. The average molecular weight is 217 g/mol. The molecule has 0 heterocycles. The smallest absolute Gasteiger partial charge is 0.323 e. The molecule has 2 N–H and O–H groups in total. The Kier molecular flexibility index (Phi) is 5.33. The van der Waals surface area contributed by atoms with Gasteiger partial charge in [0.25, 0.3) is 0 Å². The second-order valence-corrected chi connectivity index (χ2v) is 4.72. The monoisotopic (exact) mass is 217 g/mol. The van der Waals surface area contributed by atoms with Crippen LogP contribution in [0.2, 0.25) is 0 Å². The van der Waals surface area contributed by atoms with Crippen LogP contribution in [0.4, 0.5) is 0 Å². The minimum Gasteiger partial charge on any atom is -0.461 e. The van der Waals surface area contributed by atoms with E-state index in [2.05, 4.69) is 0 Å². The molecular weight excluding hydrogens is 198 g/mol. The number of hydrogen-bond acceptors (Lipinski definition) is 4. The summed E-state index contributed by atoms with van der Waals surface area (Å²) in [5.74, 6) is 0.701. The first-order valence-electron chi connectivity index (χ1n) is 5.19. The molecule has 82 valence electrons. The van der Waals surface area contributed by atoms with Gasteiger partial charge >= 0.3 is 5.97 Å². The zero-order valence-electron chi connectivity index (χ0n) is 8.70. The summed E-state index contributed by atoms with van der Waals surface area (Å²) in [5, 5.41) is 0. The molecule has 1 aliphatic rings. The first-order chi connectivity index (χ1) is 6.74. The minimum atomic E-state index is -0.428. The van der Waals surface area contributed by atoms with Gasteiger partial charge < -0.3 is 10.5 Å². The largest absolute Gasteiger partial charge is 0.461 e. The molecule has 0 amide bonds. The highest BCUT2D eigenvalue weighted by molar-refractivity contribution is 7.98. The van der Waals surface area contributed by atoms with Gasteiger partial charge in [-0.3, -0.25) is 4.79 Å². The molecule has 0 aliphatic heterocycles. The fourth-order valence-corrected chi connectivity index (χ4v) is 2.11. The molecule has 3 nitrogen and oxygen atoms in total. The molecule has 1 saturated carbocycles. The molecule has 1 fully saturated rings. The van der Waals surface area contributed by atoms with E-state index in [0.717, 1.165) is 18.6 Å². The number of nitrogens with two attached hydrogens (primary N) is 1. The van der Waals surface area contributed by atoms with E-state index in [1.54, 1.807) is 11.8 Å². The van der Waals surface area contributed by atoms with Gasteiger partial charge in [-0.15, -0.1) is 0 Å². The van der Waals surface area contributed by atoms with Gasteiger partial charge in [0.05, 0.1) is 0 Å². The molecule has 4 heteroatoms. The standard InChI is InChI=1S/C10H19NO2S/c1-14-7-6-9(11)10(12)13-8-4-2-3-5-8/h8-9H,2-7,11H2,1H3/t9-/m0/s1. The van der Waals surface area contributed by atoms with Crippen molar-refractivity contribution in [1.29, 1.82) is 0 Å². The van der Waals surface area contributed by atoms with Crippen LogP contribution in [0.1, 0.15) is 32.1 Å². The van der Waals surface area contributed by atoms with Crippen LogP contribution in [0.25, 0.3) is 0 Å². The van der Waals surface area contributed by atoms with E-state index in [-0.39, 0.29) is 12.1 Å². The van der Waals surface area contributed by atoms with Crippen LogP contribution < -0.4 is 5.73 Å². The Bertz CT molecular complexity index is 181. The van der Waals surface area contributed by atoms with Crippen molar-refractivity contribution >= 4 is 17.7 Å². The molecule has 1 aliphatic carbocycles. The summed E-state index contributed by atoms with van der Waals surface area (Å²) in [6.45, 7) is 0. The van der Waals surface area contributed by atoms with Crippen molar-refractivity contribution in [2.45, 2.75) is 44.2 Å². The van der Waals surface area contributed by atoms with Crippen molar-refractivity contribution in [3.63, 3.8) is 0 Å². The van der Waals surface area contributed by atoms with Crippen molar-refractivity contribution in [3.05, 3.63) is 0 Å². The fourth-order valence-electron chi connectivity index (χ4n) is 1.62. The number of esters is 1. The van der Waals surface area contributed by atoms with Crippen molar-refractivity contribution in [2.24, 2.45) is 5.73 Å². The highest BCUT2D eigenvalue weighted by atomic mass is 32.2. The molecule has 0 radical (unpaired) electrons. The number of ether oxygens (including phenoxy) is 1. The second kappa shape index (κ2) is 6.30. The highest BCUT2D eigenvalue weighted by Crippen LogP contribution is 2.21. The lowest BCUT2D eigenvalue weighted by atomic mass is 10.2. The van der Waals surface area contributed by atoms with Crippen LogP contribution in [0.15, 0.2) is 0 Å². The summed E-state index contributed by atoms with van der Waals surface area (Å²) in [6, 6.07) is -0.428. The van der Waals surface area contributed by atoms with E-state index in [1.165, 1.54) is 12.8 Å². The molecule has 0 saturated heterocycles. The van der Waals surface area contributed by atoms with Crippen molar-refractivity contribution < 1.29 is 9.53 Å². The summed E-state index contributed by atoms with van der Waals surface area (Å²) >= 11 is 1.70. The van der Waals surface area contributed by atoms with Crippen LogP contribution in [0, 0.1) is 0 Å². The summed E-state index contributed by atoms with van der Waals surface area (Å²) in [6.07, 6.45) is 7.25. The van der Waals surface area contributed by atoms with E-state index in [4.69, 9.17) is 10.5 Å². The number of thioether (sulfide) groups is 1. The Labute approximate surface area is 89.8 Å². The van der Waals surface area contributed by atoms with Crippen LogP contribution in [-0.4, -0.2) is 30.1 Å². The van der Waals surface area contributed by atoms with E-state index >= 15 is 0 Å². The Hall–Kier alpha value is -0.220. The summed E-state index contributed by atoms with van der Waals surface area (Å²) in [5.41, 5.74) is 5.69. The predicted molar refractivity (Wildman–Crippen MR) is 59.3 cm³/mol. The number of rotatable bonds is 5. The molecule has 1 rings (SSSR count). The zero-order valence-corrected chi connectivity index (χ0v) is 9.52. The SMILES string of the molecule is CSCC[C@H](N)C(=O)OC1CCCC1. The molecule has 1 atom stereocenters. The number of hydrogen-bond donors (Lipinski definition) is 1. The van der Waals surface area contributed by atoms with Gasteiger partial charge in [-0.2, -0.15) is 11.8 Å². The predicted octanol–water partition coefficient (Wildman–Crippen LogP) is 1.55. The van der Waals surface area contributed by atoms with Gasteiger partial charge in [0, 0.05) is 0 Å². The molecule has 0 spiro atoms. The Balaban J connectivity index is 2.18. The Morgan fingerprint density at radius 3 is 2.79 bits per heavy atom. The highest BCUT2D eigenvalue weighted by Gasteiger charge is 2.22. The third-order valence-electron chi connectivity index (χ3n) is 2.52. The molecule has 0 aromatic rings. The molecule has 0 aromatic carbocycles. The van der Waals surface area contributed by atoms with Crippen molar-refractivity contribution in [3.8, 4) is 0 Å². The first-order valence-corrected chi connectivity index (χ1v) is 6.58. The third-order valence-corrected chi connectivity index (χ3v) is 3.16. The maximum Gasteiger partial charge on any atom is 0.323 e. The van der Waals surface area contributed by atoms with E-state index in [0.29, 0.717) is 6.42 Å². The first kappa shape index (κ1) is 11.9. The van der Waals surface area contributed by atoms with Gasteiger partial charge in [0.15, 0.2) is 0 Å². The molecule has 0 aromatic heterocycles.